The van der Waals surface area contributed by atoms with E-state index in [4.69, 9.17) is 4.42 Å². The molecule has 144 valence electrons. The van der Waals surface area contributed by atoms with Gasteiger partial charge in [0.05, 0.1) is 5.39 Å². The number of aryl methyl sites for hydroxylation is 2. The highest BCUT2D eigenvalue weighted by atomic mass is 32.1. The molecule has 3 aromatic rings. The second-order valence-corrected chi connectivity index (χ2v) is 7.22. The van der Waals surface area contributed by atoms with Crippen molar-refractivity contribution in [3.8, 4) is 16.3 Å². The molecular weight excluding hydrogens is 379 g/mol. The summed E-state index contributed by atoms with van der Waals surface area (Å²) in [7, 11) is 0. The van der Waals surface area contributed by atoms with Crippen LogP contribution < -0.4 is 5.43 Å². The number of nitrogens with zero attached hydrogens (tertiary/aromatic N) is 1. The number of hydrogen-bond acceptors (Lipinski definition) is 5. The van der Waals surface area contributed by atoms with Crippen molar-refractivity contribution in [3.63, 3.8) is 0 Å². The van der Waals surface area contributed by atoms with Crippen LogP contribution in [0.4, 0.5) is 13.2 Å². The third kappa shape index (κ3) is 3.85. The van der Waals surface area contributed by atoms with E-state index in [0.29, 0.717) is 17.7 Å². The first kappa shape index (κ1) is 19.4. The van der Waals surface area contributed by atoms with E-state index in [1.54, 1.807) is 12.3 Å². The number of phenols is 1. The zero-order valence-electron chi connectivity index (χ0n) is 14.8. The minimum Gasteiger partial charge on any atom is -0.508 e. The monoisotopic (exact) mass is 397 g/mol. The molecule has 2 heterocycles. The van der Waals surface area contributed by atoms with Crippen LogP contribution in [0.3, 0.4) is 0 Å². The number of unbranched alkanes of at least 4 members (excludes halogenated alkanes) is 2. The largest absolute Gasteiger partial charge is 0.508 e. The molecule has 1 aromatic carbocycles. The summed E-state index contributed by atoms with van der Waals surface area (Å²) in [4.78, 5) is 17.0. The standard InChI is InChI=1S/C19H18F3NO3S/c1-3-4-5-6-11-7-12-14(8-13(11)24)26-17(19(20,21)22)15(16(12)25)18-23-10(2)9-27-18/h7-9,24H,3-6H2,1-2H3. The number of fused-ring (bicyclic) bond motifs is 1. The van der Waals surface area contributed by atoms with E-state index in [1.807, 2.05) is 6.92 Å². The van der Waals surface area contributed by atoms with Crippen LogP contribution in [0, 0.1) is 6.92 Å². The van der Waals surface area contributed by atoms with Crippen LogP contribution in [0.25, 0.3) is 21.5 Å². The SMILES string of the molecule is CCCCCc1cc2c(=O)c(-c3nc(C)cs3)c(C(F)(F)F)oc2cc1O. The first-order valence-electron chi connectivity index (χ1n) is 8.54. The van der Waals surface area contributed by atoms with Crippen molar-refractivity contribution in [1.29, 1.82) is 0 Å². The minimum atomic E-state index is -4.86. The molecule has 0 saturated heterocycles. The van der Waals surface area contributed by atoms with Crippen molar-refractivity contribution in [2.24, 2.45) is 0 Å². The van der Waals surface area contributed by atoms with Crippen LogP contribution in [-0.4, -0.2) is 10.1 Å². The molecule has 0 saturated carbocycles. The van der Waals surface area contributed by atoms with Gasteiger partial charge in [-0.05, 0) is 31.4 Å². The summed E-state index contributed by atoms with van der Waals surface area (Å²) in [5, 5.41) is 11.7. The number of benzene rings is 1. The summed E-state index contributed by atoms with van der Waals surface area (Å²) < 4.78 is 45.6. The summed E-state index contributed by atoms with van der Waals surface area (Å²) in [6.45, 7) is 3.68. The van der Waals surface area contributed by atoms with Gasteiger partial charge in [0.2, 0.25) is 11.2 Å². The first-order chi connectivity index (χ1) is 12.7. The summed E-state index contributed by atoms with van der Waals surface area (Å²) in [6.07, 6.45) is -1.60. The van der Waals surface area contributed by atoms with Gasteiger partial charge in [0.1, 0.15) is 21.9 Å². The highest BCUT2D eigenvalue weighted by molar-refractivity contribution is 7.13. The summed E-state index contributed by atoms with van der Waals surface area (Å²) in [6, 6.07) is 2.51. The second kappa shape index (κ2) is 7.34. The summed E-state index contributed by atoms with van der Waals surface area (Å²) in [5.41, 5.74) is -0.632. The minimum absolute atomic E-state index is 0.00940. The lowest BCUT2D eigenvalue weighted by Crippen LogP contribution is -2.16. The number of thiazole rings is 1. The lowest BCUT2D eigenvalue weighted by molar-refractivity contribution is -0.152. The quantitative estimate of drug-likeness (QED) is 0.563. The van der Waals surface area contributed by atoms with Gasteiger partial charge in [-0.1, -0.05) is 19.8 Å². The van der Waals surface area contributed by atoms with Crippen molar-refractivity contribution in [1.82, 2.24) is 4.98 Å². The number of aromatic hydroxyl groups is 1. The zero-order valence-corrected chi connectivity index (χ0v) is 15.6. The molecule has 3 rings (SSSR count). The molecule has 4 nitrogen and oxygen atoms in total. The fraction of sp³-hybridized carbons (Fsp3) is 0.368. The molecule has 0 aliphatic carbocycles. The molecule has 0 spiro atoms. The predicted octanol–water partition coefficient (Wildman–Crippen LogP) is 5.68. The number of aromatic nitrogens is 1. The summed E-state index contributed by atoms with van der Waals surface area (Å²) in [5.74, 6) is -1.57. The average Bonchev–Trinajstić information content (AvgIpc) is 3.01. The molecule has 0 bridgehead atoms. The Bertz CT molecular complexity index is 1040. The van der Waals surface area contributed by atoms with Crippen LogP contribution in [0.1, 0.15) is 43.2 Å². The van der Waals surface area contributed by atoms with E-state index in [-0.39, 0.29) is 21.7 Å². The number of rotatable bonds is 5. The zero-order chi connectivity index (χ0) is 19.8. The van der Waals surface area contributed by atoms with Gasteiger partial charge in [0.15, 0.2) is 0 Å². The number of phenolic OH excluding ortho intramolecular Hbond substituents is 1. The molecule has 1 N–H and O–H groups in total. The second-order valence-electron chi connectivity index (χ2n) is 6.36. The Balaban J connectivity index is 2.26. The predicted molar refractivity (Wildman–Crippen MR) is 98.2 cm³/mol. The van der Waals surface area contributed by atoms with Crippen molar-refractivity contribution < 1.29 is 22.7 Å². The highest BCUT2D eigenvalue weighted by Gasteiger charge is 2.40. The molecule has 0 unspecified atom stereocenters. The maximum atomic E-state index is 13.5. The Kier molecular flexibility index (Phi) is 5.28. The molecule has 0 amide bonds. The molecule has 0 aliphatic rings. The van der Waals surface area contributed by atoms with E-state index in [0.717, 1.165) is 36.7 Å². The van der Waals surface area contributed by atoms with Crippen LogP contribution in [0.15, 0.2) is 26.7 Å². The van der Waals surface area contributed by atoms with Gasteiger partial charge in [-0.25, -0.2) is 4.98 Å². The van der Waals surface area contributed by atoms with Gasteiger partial charge in [-0.2, -0.15) is 13.2 Å². The van der Waals surface area contributed by atoms with Crippen molar-refractivity contribution in [3.05, 3.63) is 44.8 Å². The van der Waals surface area contributed by atoms with Crippen molar-refractivity contribution in [2.75, 3.05) is 0 Å². The van der Waals surface area contributed by atoms with Crippen LogP contribution in [0.5, 0.6) is 5.75 Å². The van der Waals surface area contributed by atoms with Crippen LogP contribution >= 0.6 is 11.3 Å². The molecule has 27 heavy (non-hydrogen) atoms. The van der Waals surface area contributed by atoms with E-state index in [2.05, 4.69) is 4.98 Å². The van der Waals surface area contributed by atoms with Crippen LogP contribution in [0.2, 0.25) is 0 Å². The molecule has 8 heteroatoms. The number of halogens is 3. The Morgan fingerprint density at radius 2 is 2.00 bits per heavy atom. The van der Waals surface area contributed by atoms with E-state index in [1.165, 1.54) is 6.07 Å². The van der Waals surface area contributed by atoms with Crippen LogP contribution in [-0.2, 0) is 12.6 Å². The lowest BCUT2D eigenvalue weighted by atomic mass is 10.0. The highest BCUT2D eigenvalue weighted by Crippen LogP contribution is 2.39. The summed E-state index contributed by atoms with van der Waals surface area (Å²) >= 11 is 0.959. The Hall–Kier alpha value is -2.35. The normalized spacial score (nSPS) is 12.0. The van der Waals surface area contributed by atoms with Gasteiger partial charge in [-0.3, -0.25) is 4.79 Å². The number of hydrogen-bond donors (Lipinski definition) is 1. The average molecular weight is 397 g/mol. The van der Waals surface area contributed by atoms with Gasteiger partial charge >= 0.3 is 6.18 Å². The van der Waals surface area contributed by atoms with E-state index >= 15 is 0 Å². The fourth-order valence-corrected chi connectivity index (χ4v) is 3.74. The Labute approximate surface area is 157 Å². The molecule has 0 atom stereocenters. The van der Waals surface area contributed by atoms with Crippen molar-refractivity contribution >= 4 is 22.3 Å². The van der Waals surface area contributed by atoms with Gasteiger partial charge in [0, 0.05) is 17.1 Å². The molecular formula is C19H18F3NO3S. The van der Waals surface area contributed by atoms with Gasteiger partial charge in [0.25, 0.3) is 0 Å². The maximum absolute atomic E-state index is 13.5. The van der Waals surface area contributed by atoms with E-state index < -0.39 is 22.9 Å². The maximum Gasteiger partial charge on any atom is 0.450 e. The van der Waals surface area contributed by atoms with Gasteiger partial charge < -0.3 is 9.52 Å². The molecule has 2 aromatic heterocycles. The number of alkyl halides is 3. The third-order valence-electron chi connectivity index (χ3n) is 4.23. The molecule has 0 fully saturated rings. The Morgan fingerprint density at radius 3 is 2.59 bits per heavy atom. The van der Waals surface area contributed by atoms with E-state index in [9.17, 15) is 23.1 Å². The van der Waals surface area contributed by atoms with Gasteiger partial charge in [-0.15, -0.1) is 11.3 Å². The first-order valence-corrected chi connectivity index (χ1v) is 9.42. The lowest BCUT2D eigenvalue weighted by Gasteiger charge is -2.12. The Morgan fingerprint density at radius 1 is 1.26 bits per heavy atom. The van der Waals surface area contributed by atoms with Crippen molar-refractivity contribution in [2.45, 2.75) is 45.7 Å². The fourth-order valence-electron chi connectivity index (χ4n) is 2.90. The third-order valence-corrected chi connectivity index (χ3v) is 5.21. The molecule has 0 aliphatic heterocycles. The topological polar surface area (TPSA) is 63.3 Å². The molecule has 0 radical (unpaired) electrons. The smallest absolute Gasteiger partial charge is 0.450 e.